The minimum absolute atomic E-state index is 0.0398. The van der Waals surface area contributed by atoms with Crippen LogP contribution in [0.4, 0.5) is 0 Å². The summed E-state index contributed by atoms with van der Waals surface area (Å²) in [5, 5.41) is 0.431. The maximum atomic E-state index is 12.4. The van der Waals surface area contributed by atoms with Crippen molar-refractivity contribution >= 4 is 33.2 Å². The number of benzene rings is 2. The highest BCUT2D eigenvalue weighted by Gasteiger charge is 2.21. The van der Waals surface area contributed by atoms with Gasteiger partial charge in [-0.15, -0.1) is 0 Å². The molecule has 0 heterocycles. The molecule has 7 heteroatoms. The van der Waals surface area contributed by atoms with Gasteiger partial charge in [0.25, 0.3) is 0 Å². The number of hydrogen-bond donors (Lipinski definition) is 1. The van der Waals surface area contributed by atoms with Crippen LogP contribution in [0.15, 0.2) is 47.4 Å². The van der Waals surface area contributed by atoms with Gasteiger partial charge in [-0.1, -0.05) is 35.3 Å². The summed E-state index contributed by atoms with van der Waals surface area (Å²) in [7, 11) is -2.20. The third kappa shape index (κ3) is 3.93. The summed E-state index contributed by atoms with van der Waals surface area (Å²) < 4.78 is 32.5. The van der Waals surface area contributed by atoms with E-state index in [0.29, 0.717) is 10.8 Å². The van der Waals surface area contributed by atoms with E-state index in [4.69, 9.17) is 27.9 Å². The molecule has 2 rings (SSSR count). The lowest BCUT2D eigenvalue weighted by Gasteiger charge is -2.16. The van der Waals surface area contributed by atoms with Crippen LogP contribution in [-0.2, 0) is 10.0 Å². The summed E-state index contributed by atoms with van der Waals surface area (Å²) >= 11 is 11.8. The SMILES string of the molecule is COc1ccc(C(C)NS(=O)(=O)c2cc(Cl)ccc2Cl)cc1. The fourth-order valence-electron chi connectivity index (χ4n) is 1.94. The number of sulfonamides is 1. The van der Waals surface area contributed by atoms with Crippen molar-refractivity contribution in [3.05, 3.63) is 58.1 Å². The Morgan fingerprint density at radius 1 is 1.09 bits per heavy atom. The fraction of sp³-hybridized carbons (Fsp3) is 0.200. The van der Waals surface area contributed by atoms with Crippen molar-refractivity contribution in [3.8, 4) is 5.75 Å². The van der Waals surface area contributed by atoms with Gasteiger partial charge in [0.1, 0.15) is 10.6 Å². The van der Waals surface area contributed by atoms with Crippen LogP contribution in [0.25, 0.3) is 0 Å². The number of ether oxygens (including phenoxy) is 1. The Balaban J connectivity index is 2.25. The molecule has 2 aromatic carbocycles. The quantitative estimate of drug-likeness (QED) is 0.876. The Labute approximate surface area is 140 Å². The van der Waals surface area contributed by atoms with E-state index in [2.05, 4.69) is 4.72 Å². The van der Waals surface area contributed by atoms with Gasteiger partial charge >= 0.3 is 0 Å². The van der Waals surface area contributed by atoms with Crippen molar-refractivity contribution in [1.82, 2.24) is 4.72 Å². The van der Waals surface area contributed by atoms with Crippen molar-refractivity contribution in [1.29, 1.82) is 0 Å². The minimum Gasteiger partial charge on any atom is -0.497 e. The van der Waals surface area contributed by atoms with Gasteiger partial charge in [0.05, 0.1) is 12.1 Å². The number of rotatable bonds is 5. The van der Waals surface area contributed by atoms with Gasteiger partial charge in [-0.25, -0.2) is 13.1 Å². The number of nitrogens with one attached hydrogen (secondary N) is 1. The van der Waals surface area contributed by atoms with Crippen LogP contribution in [0.2, 0.25) is 10.0 Å². The number of halogens is 2. The molecule has 0 saturated carbocycles. The zero-order valence-electron chi connectivity index (χ0n) is 12.0. The van der Waals surface area contributed by atoms with Crippen LogP contribution in [0, 0.1) is 0 Å². The van der Waals surface area contributed by atoms with Gasteiger partial charge in [0, 0.05) is 11.1 Å². The summed E-state index contributed by atoms with van der Waals surface area (Å²) in [5.74, 6) is 0.705. The molecule has 0 fully saturated rings. The molecule has 0 saturated heterocycles. The first-order valence-electron chi connectivity index (χ1n) is 6.45. The van der Waals surface area contributed by atoms with E-state index in [1.807, 2.05) is 0 Å². The molecule has 1 N–H and O–H groups in total. The van der Waals surface area contributed by atoms with Crippen molar-refractivity contribution < 1.29 is 13.2 Å². The summed E-state index contributed by atoms with van der Waals surface area (Å²) in [6.45, 7) is 1.75. The Hall–Kier alpha value is -1.27. The molecule has 2 aromatic rings. The maximum absolute atomic E-state index is 12.4. The van der Waals surface area contributed by atoms with Crippen molar-refractivity contribution in [2.75, 3.05) is 7.11 Å². The molecular formula is C15H15Cl2NO3S. The summed E-state index contributed by atoms with van der Waals surface area (Å²) in [6.07, 6.45) is 0. The molecule has 4 nitrogen and oxygen atoms in total. The lowest BCUT2D eigenvalue weighted by molar-refractivity contribution is 0.414. The topological polar surface area (TPSA) is 55.4 Å². The standard InChI is InChI=1S/C15H15Cl2NO3S/c1-10(11-3-6-13(21-2)7-4-11)18-22(19,20)15-9-12(16)5-8-14(15)17/h3-10,18H,1-2H3. The Morgan fingerprint density at radius 2 is 1.73 bits per heavy atom. The first-order valence-corrected chi connectivity index (χ1v) is 8.69. The highest BCUT2D eigenvalue weighted by atomic mass is 35.5. The van der Waals surface area contributed by atoms with E-state index in [9.17, 15) is 8.42 Å². The molecule has 0 radical (unpaired) electrons. The van der Waals surface area contributed by atoms with Gasteiger partial charge in [-0.05, 0) is 42.8 Å². The van der Waals surface area contributed by atoms with E-state index in [1.165, 1.54) is 18.2 Å². The van der Waals surface area contributed by atoms with Gasteiger partial charge in [-0.3, -0.25) is 0 Å². The third-order valence-corrected chi connectivity index (χ3v) is 5.39. The van der Waals surface area contributed by atoms with E-state index >= 15 is 0 Å². The highest BCUT2D eigenvalue weighted by molar-refractivity contribution is 7.89. The van der Waals surface area contributed by atoms with Crippen LogP contribution >= 0.6 is 23.2 Å². The lowest BCUT2D eigenvalue weighted by atomic mass is 10.1. The average molecular weight is 360 g/mol. The zero-order valence-corrected chi connectivity index (χ0v) is 14.3. The van der Waals surface area contributed by atoms with Gasteiger partial charge in [0.15, 0.2) is 0 Å². The molecule has 1 unspecified atom stereocenters. The van der Waals surface area contributed by atoms with E-state index in [0.717, 1.165) is 5.56 Å². The zero-order chi connectivity index (χ0) is 16.3. The molecule has 0 aliphatic heterocycles. The smallest absolute Gasteiger partial charge is 0.242 e. The second kappa shape index (κ2) is 6.87. The summed E-state index contributed by atoms with van der Waals surface area (Å²) in [6, 6.07) is 11.0. The summed E-state index contributed by atoms with van der Waals surface area (Å²) in [5.41, 5.74) is 0.808. The molecular weight excluding hydrogens is 345 g/mol. The van der Waals surface area contributed by atoms with Crippen LogP contribution in [0.3, 0.4) is 0 Å². The second-order valence-electron chi connectivity index (χ2n) is 4.69. The van der Waals surface area contributed by atoms with Gasteiger partial charge < -0.3 is 4.74 Å². The van der Waals surface area contributed by atoms with Crippen LogP contribution < -0.4 is 9.46 Å². The van der Waals surface area contributed by atoms with Crippen molar-refractivity contribution in [3.63, 3.8) is 0 Å². The van der Waals surface area contributed by atoms with Crippen molar-refractivity contribution in [2.24, 2.45) is 0 Å². The lowest BCUT2D eigenvalue weighted by Crippen LogP contribution is -2.27. The average Bonchev–Trinajstić information content (AvgIpc) is 2.49. The van der Waals surface area contributed by atoms with Gasteiger partial charge in [0.2, 0.25) is 10.0 Å². The molecule has 0 aromatic heterocycles. The van der Waals surface area contributed by atoms with E-state index in [-0.39, 0.29) is 9.92 Å². The largest absolute Gasteiger partial charge is 0.497 e. The molecule has 0 amide bonds. The van der Waals surface area contributed by atoms with E-state index in [1.54, 1.807) is 38.3 Å². The predicted octanol–water partition coefficient (Wildman–Crippen LogP) is 4.04. The molecule has 0 spiro atoms. The number of methoxy groups -OCH3 is 1. The normalized spacial score (nSPS) is 12.9. The highest BCUT2D eigenvalue weighted by Crippen LogP contribution is 2.26. The second-order valence-corrected chi connectivity index (χ2v) is 7.22. The van der Waals surface area contributed by atoms with Gasteiger partial charge in [-0.2, -0.15) is 0 Å². The van der Waals surface area contributed by atoms with Crippen LogP contribution in [-0.4, -0.2) is 15.5 Å². The molecule has 0 aliphatic carbocycles. The molecule has 0 aliphatic rings. The van der Waals surface area contributed by atoms with Crippen LogP contribution in [0.1, 0.15) is 18.5 Å². The third-order valence-electron chi connectivity index (χ3n) is 3.13. The predicted molar refractivity (Wildman–Crippen MR) is 88.2 cm³/mol. The van der Waals surface area contributed by atoms with E-state index < -0.39 is 16.1 Å². The minimum atomic E-state index is -3.77. The fourth-order valence-corrected chi connectivity index (χ4v) is 3.93. The first-order chi connectivity index (χ1) is 10.3. The number of hydrogen-bond acceptors (Lipinski definition) is 3. The Bertz CT molecular complexity index is 761. The van der Waals surface area contributed by atoms with Crippen molar-refractivity contribution in [2.45, 2.75) is 17.9 Å². The Kier molecular flexibility index (Phi) is 5.34. The molecule has 0 bridgehead atoms. The molecule has 22 heavy (non-hydrogen) atoms. The monoisotopic (exact) mass is 359 g/mol. The summed E-state index contributed by atoms with van der Waals surface area (Å²) in [4.78, 5) is -0.0398. The van der Waals surface area contributed by atoms with Crippen LogP contribution in [0.5, 0.6) is 5.75 Å². The molecule has 1 atom stereocenters. The maximum Gasteiger partial charge on any atom is 0.242 e. The Morgan fingerprint density at radius 3 is 2.32 bits per heavy atom. The first kappa shape index (κ1) is 17.1. The molecule has 118 valence electrons.